The Hall–Kier alpha value is -2.10. The maximum atomic E-state index is 12.1. The van der Waals surface area contributed by atoms with Crippen molar-refractivity contribution in [2.45, 2.75) is 19.8 Å². The monoisotopic (exact) mass is 244 g/mol. The summed E-state index contributed by atoms with van der Waals surface area (Å²) in [7, 11) is 1.70. The van der Waals surface area contributed by atoms with Crippen molar-refractivity contribution in [1.29, 1.82) is 0 Å². The molecule has 0 aromatic rings. The Morgan fingerprint density at radius 3 is 2.50 bits per heavy atom. The van der Waals surface area contributed by atoms with Crippen LogP contribution in [-0.4, -0.2) is 18.6 Å². The molecular weight excluding hydrogens is 228 g/mol. The van der Waals surface area contributed by atoms with Crippen LogP contribution < -0.4 is 11.1 Å². The first-order valence-electron chi connectivity index (χ1n) is 6.00. The van der Waals surface area contributed by atoms with Gasteiger partial charge in [-0.1, -0.05) is 19.4 Å². The smallest absolute Gasteiger partial charge is 0.189 e. The van der Waals surface area contributed by atoms with Crippen LogP contribution in [-0.2, 0) is 9.59 Å². The molecule has 0 aliphatic heterocycles. The predicted molar refractivity (Wildman–Crippen MR) is 69.4 cm³/mol. The summed E-state index contributed by atoms with van der Waals surface area (Å²) in [6.45, 7) is 2.04. The highest BCUT2D eigenvalue weighted by molar-refractivity contribution is 6.23. The van der Waals surface area contributed by atoms with Gasteiger partial charge in [0.25, 0.3) is 0 Å². The van der Waals surface area contributed by atoms with Crippen LogP contribution in [0, 0.1) is 0 Å². The maximum absolute atomic E-state index is 12.1. The van der Waals surface area contributed by atoms with E-state index >= 15 is 0 Å². The fourth-order valence-corrected chi connectivity index (χ4v) is 2.33. The fourth-order valence-electron chi connectivity index (χ4n) is 2.33. The SMILES string of the molecule is CCCC1=C2C(=O)C=C(N)C(NC)=C2C(=O)C=C1. The third kappa shape index (κ3) is 1.79. The Morgan fingerprint density at radius 1 is 1.17 bits per heavy atom. The van der Waals surface area contributed by atoms with Gasteiger partial charge in [-0.2, -0.15) is 0 Å². The summed E-state index contributed by atoms with van der Waals surface area (Å²) in [6.07, 6.45) is 6.33. The molecule has 0 radical (unpaired) electrons. The van der Waals surface area contributed by atoms with E-state index in [0.29, 0.717) is 22.5 Å². The number of ketones is 2. The second-order valence-corrected chi connectivity index (χ2v) is 4.31. The van der Waals surface area contributed by atoms with Gasteiger partial charge in [-0.25, -0.2) is 0 Å². The fraction of sp³-hybridized carbons (Fsp3) is 0.286. The molecule has 94 valence electrons. The molecule has 0 atom stereocenters. The van der Waals surface area contributed by atoms with E-state index in [0.717, 1.165) is 18.4 Å². The molecule has 18 heavy (non-hydrogen) atoms. The van der Waals surface area contributed by atoms with Crippen LogP contribution in [0.25, 0.3) is 0 Å². The van der Waals surface area contributed by atoms with Crippen molar-refractivity contribution in [2.24, 2.45) is 5.73 Å². The first-order chi connectivity index (χ1) is 8.60. The molecule has 0 spiro atoms. The molecule has 0 saturated heterocycles. The second-order valence-electron chi connectivity index (χ2n) is 4.31. The van der Waals surface area contributed by atoms with Crippen LogP contribution in [0.4, 0.5) is 0 Å². The van der Waals surface area contributed by atoms with Gasteiger partial charge in [0.05, 0.1) is 17.0 Å². The average Bonchev–Trinajstić information content (AvgIpc) is 2.33. The van der Waals surface area contributed by atoms with E-state index in [9.17, 15) is 9.59 Å². The molecule has 0 saturated carbocycles. The minimum atomic E-state index is -0.178. The Bertz CT molecular complexity index is 548. The Balaban J connectivity index is 2.68. The summed E-state index contributed by atoms with van der Waals surface area (Å²) in [6, 6.07) is 0. The number of nitrogens with two attached hydrogens (primary N) is 1. The van der Waals surface area contributed by atoms with E-state index in [1.165, 1.54) is 12.2 Å². The van der Waals surface area contributed by atoms with Crippen molar-refractivity contribution in [3.05, 3.63) is 46.3 Å². The molecule has 0 fully saturated rings. The molecule has 3 N–H and O–H groups in total. The summed E-state index contributed by atoms with van der Waals surface area (Å²) < 4.78 is 0. The summed E-state index contributed by atoms with van der Waals surface area (Å²) in [5.74, 6) is -0.346. The number of nitrogens with one attached hydrogen (secondary N) is 1. The lowest BCUT2D eigenvalue weighted by Gasteiger charge is -2.23. The lowest BCUT2D eigenvalue weighted by molar-refractivity contribution is -0.114. The lowest BCUT2D eigenvalue weighted by atomic mass is 9.82. The van der Waals surface area contributed by atoms with E-state index < -0.39 is 0 Å². The number of fused-ring (bicyclic) bond motifs is 1. The van der Waals surface area contributed by atoms with Crippen LogP contribution in [0.1, 0.15) is 19.8 Å². The molecule has 0 heterocycles. The summed E-state index contributed by atoms with van der Waals surface area (Å²) in [5, 5.41) is 2.91. The van der Waals surface area contributed by atoms with Crippen molar-refractivity contribution >= 4 is 11.6 Å². The molecule has 0 amide bonds. The van der Waals surface area contributed by atoms with Crippen LogP contribution >= 0.6 is 0 Å². The van der Waals surface area contributed by atoms with Gasteiger partial charge >= 0.3 is 0 Å². The van der Waals surface area contributed by atoms with Crippen molar-refractivity contribution < 1.29 is 9.59 Å². The predicted octanol–water partition coefficient (Wildman–Crippen LogP) is 1.12. The largest absolute Gasteiger partial charge is 0.397 e. The number of carbonyl (C=O) groups excluding carboxylic acids is 2. The quantitative estimate of drug-likeness (QED) is 0.780. The summed E-state index contributed by atoms with van der Waals surface area (Å²) in [5.41, 5.74) is 8.48. The minimum absolute atomic E-state index is 0.168. The van der Waals surface area contributed by atoms with Crippen molar-refractivity contribution in [3.63, 3.8) is 0 Å². The molecule has 2 aliphatic rings. The molecule has 4 nitrogen and oxygen atoms in total. The van der Waals surface area contributed by atoms with Crippen LogP contribution in [0.2, 0.25) is 0 Å². The summed E-state index contributed by atoms with van der Waals surface area (Å²) in [4.78, 5) is 24.1. The van der Waals surface area contributed by atoms with E-state index in [-0.39, 0.29) is 11.6 Å². The van der Waals surface area contributed by atoms with Crippen LogP contribution in [0.3, 0.4) is 0 Å². The third-order valence-electron chi connectivity index (χ3n) is 3.09. The van der Waals surface area contributed by atoms with Gasteiger partial charge in [0, 0.05) is 18.7 Å². The summed E-state index contributed by atoms with van der Waals surface area (Å²) >= 11 is 0. The third-order valence-corrected chi connectivity index (χ3v) is 3.09. The van der Waals surface area contributed by atoms with E-state index in [4.69, 9.17) is 5.73 Å². The zero-order chi connectivity index (χ0) is 13.3. The highest BCUT2D eigenvalue weighted by atomic mass is 16.1. The molecule has 2 aliphatic carbocycles. The topological polar surface area (TPSA) is 72.2 Å². The van der Waals surface area contributed by atoms with Gasteiger partial charge in [0.2, 0.25) is 0 Å². The van der Waals surface area contributed by atoms with Gasteiger partial charge in [-0.3, -0.25) is 9.59 Å². The normalized spacial score (nSPS) is 19.1. The van der Waals surface area contributed by atoms with Crippen molar-refractivity contribution in [3.8, 4) is 0 Å². The Kier molecular flexibility index (Phi) is 3.19. The van der Waals surface area contributed by atoms with Crippen LogP contribution in [0.5, 0.6) is 0 Å². The number of allylic oxidation sites excluding steroid dienone is 6. The van der Waals surface area contributed by atoms with Gasteiger partial charge < -0.3 is 11.1 Å². The molecule has 0 aromatic heterocycles. The molecule has 2 rings (SSSR count). The molecule has 4 heteroatoms. The molecular formula is C14H16N2O2. The van der Waals surface area contributed by atoms with Crippen LogP contribution in [0.15, 0.2) is 46.3 Å². The van der Waals surface area contributed by atoms with Gasteiger partial charge in [0.15, 0.2) is 11.6 Å². The minimum Gasteiger partial charge on any atom is -0.397 e. The molecule has 0 bridgehead atoms. The van der Waals surface area contributed by atoms with Gasteiger partial charge in [0.1, 0.15) is 0 Å². The number of hydrogen-bond acceptors (Lipinski definition) is 4. The lowest BCUT2D eigenvalue weighted by Crippen LogP contribution is -2.29. The standard InChI is InChI=1S/C14H16N2O2/c1-3-4-8-5-6-10(17)13-12(8)11(18)7-9(15)14(13)16-2/h5-7,16H,3-4,15H2,1-2H3. The zero-order valence-corrected chi connectivity index (χ0v) is 10.5. The number of carbonyl (C=O) groups is 2. The van der Waals surface area contributed by atoms with E-state index in [2.05, 4.69) is 5.32 Å². The number of hydrogen-bond donors (Lipinski definition) is 2. The Morgan fingerprint density at radius 2 is 1.89 bits per heavy atom. The Labute approximate surface area is 106 Å². The highest BCUT2D eigenvalue weighted by Crippen LogP contribution is 2.32. The van der Waals surface area contributed by atoms with E-state index in [1.54, 1.807) is 13.1 Å². The van der Waals surface area contributed by atoms with E-state index in [1.807, 2.05) is 6.92 Å². The first kappa shape index (κ1) is 12.4. The van der Waals surface area contributed by atoms with Crippen molar-refractivity contribution in [2.75, 3.05) is 7.05 Å². The van der Waals surface area contributed by atoms with Gasteiger partial charge in [-0.05, 0) is 18.1 Å². The van der Waals surface area contributed by atoms with Crippen molar-refractivity contribution in [1.82, 2.24) is 5.32 Å². The maximum Gasteiger partial charge on any atom is 0.189 e. The second kappa shape index (κ2) is 4.64. The molecule has 0 unspecified atom stereocenters. The highest BCUT2D eigenvalue weighted by Gasteiger charge is 2.31. The number of rotatable bonds is 3. The molecule has 0 aromatic carbocycles. The number of likely N-dealkylation sites (N-methyl/N-ethyl adjacent to an activating group) is 1. The average molecular weight is 244 g/mol. The zero-order valence-electron chi connectivity index (χ0n) is 10.5. The first-order valence-corrected chi connectivity index (χ1v) is 6.00. The van der Waals surface area contributed by atoms with Gasteiger partial charge in [-0.15, -0.1) is 0 Å².